The van der Waals surface area contributed by atoms with Gasteiger partial charge in [0.05, 0.1) is 19.6 Å². The summed E-state index contributed by atoms with van der Waals surface area (Å²) in [5.41, 5.74) is -0.546. The van der Waals surface area contributed by atoms with Crippen LogP contribution in [-0.2, 0) is 6.54 Å². The summed E-state index contributed by atoms with van der Waals surface area (Å²) in [7, 11) is 1.00. The van der Waals surface area contributed by atoms with Crippen LogP contribution in [0.1, 0.15) is 59.8 Å². The van der Waals surface area contributed by atoms with Crippen LogP contribution in [0.15, 0.2) is 75.8 Å². The average molecular weight is 620 g/mol. The first-order chi connectivity index (χ1) is 20.7. The predicted octanol–water partition coefficient (Wildman–Crippen LogP) is 4.88. The molecule has 2 amide bonds. The number of allylic oxidation sites excluding steroid dienone is 3. The zero-order valence-corrected chi connectivity index (χ0v) is 26.4. The van der Waals surface area contributed by atoms with E-state index in [1.54, 1.807) is 9.91 Å². The summed E-state index contributed by atoms with van der Waals surface area (Å²) >= 11 is 1.53. The van der Waals surface area contributed by atoms with E-state index in [1.165, 1.54) is 41.3 Å². The Bertz CT molecular complexity index is 1320. The van der Waals surface area contributed by atoms with Crippen LogP contribution < -0.4 is 15.8 Å². The van der Waals surface area contributed by atoms with Crippen LogP contribution in [0.25, 0.3) is 0 Å². The third kappa shape index (κ3) is 10.1. The molecule has 12 heteroatoms. The van der Waals surface area contributed by atoms with Gasteiger partial charge in [0.15, 0.2) is 5.43 Å². The number of amides is 2. The number of rotatable bonds is 9. The summed E-state index contributed by atoms with van der Waals surface area (Å²) in [6.45, 7) is 15.7. The molecule has 3 heterocycles. The second-order valence-electron chi connectivity index (χ2n) is 9.03. The smallest absolute Gasteiger partial charge is 0.274 e. The van der Waals surface area contributed by atoms with Crippen molar-refractivity contribution in [2.45, 2.75) is 46.8 Å². The van der Waals surface area contributed by atoms with Crippen molar-refractivity contribution in [3.8, 4) is 0 Å². The van der Waals surface area contributed by atoms with Gasteiger partial charge in [0.1, 0.15) is 29.9 Å². The molecule has 2 aliphatic rings. The number of fused-ring (bicyclic) bond motifs is 1. The van der Waals surface area contributed by atoms with Crippen molar-refractivity contribution in [1.29, 1.82) is 0 Å². The topological polar surface area (TPSA) is 107 Å². The highest BCUT2D eigenvalue weighted by molar-refractivity contribution is 7.09. The summed E-state index contributed by atoms with van der Waals surface area (Å²) in [4.78, 5) is 45.2. The van der Waals surface area contributed by atoms with Crippen LogP contribution in [0, 0.1) is 5.92 Å². The number of aliphatic hydroxyl groups excluding tert-OH is 1. The van der Waals surface area contributed by atoms with Crippen LogP contribution in [0.4, 0.5) is 8.78 Å². The Balaban J connectivity index is 0.00000105. The lowest BCUT2D eigenvalue weighted by Crippen LogP contribution is -2.54. The van der Waals surface area contributed by atoms with Gasteiger partial charge in [0, 0.05) is 42.3 Å². The Morgan fingerprint density at radius 1 is 1.30 bits per heavy atom. The van der Waals surface area contributed by atoms with Crippen molar-refractivity contribution in [2.24, 2.45) is 10.9 Å². The molecule has 0 fully saturated rings. The van der Waals surface area contributed by atoms with E-state index in [0.29, 0.717) is 19.6 Å². The molecular weight excluding hydrogens is 576 g/mol. The van der Waals surface area contributed by atoms with Crippen molar-refractivity contribution in [2.75, 3.05) is 38.4 Å². The minimum Gasteiger partial charge on any atom is -0.400 e. The predicted molar refractivity (Wildman–Crippen MR) is 171 cm³/mol. The molecule has 9 nitrogen and oxygen atoms in total. The van der Waals surface area contributed by atoms with Crippen LogP contribution in [0.2, 0.25) is 0 Å². The molecule has 0 spiro atoms. The fraction of sp³-hybridized carbons (Fsp3) is 0.419. The van der Waals surface area contributed by atoms with Gasteiger partial charge in [-0.2, -0.15) is 0 Å². The van der Waals surface area contributed by atoms with Crippen LogP contribution in [0.3, 0.4) is 0 Å². The van der Waals surface area contributed by atoms with Crippen molar-refractivity contribution in [3.63, 3.8) is 0 Å². The highest BCUT2D eigenvalue weighted by atomic mass is 32.1. The molecule has 1 aliphatic heterocycles. The number of thiophene rings is 1. The SMILES string of the molecule is C=CCC.C=NCCN1CN(Cc2cccs2)C(=O)c2cc(=O)c(C(=O)NCC3=C(F)C(C)C(F)C=C3)cn21.CC.CO. The Kier molecular flexibility index (Phi) is 16.7. The fourth-order valence-corrected chi connectivity index (χ4v) is 4.68. The van der Waals surface area contributed by atoms with Crippen molar-refractivity contribution >= 4 is 29.9 Å². The van der Waals surface area contributed by atoms with E-state index in [4.69, 9.17) is 5.11 Å². The third-order valence-corrected chi connectivity index (χ3v) is 7.12. The van der Waals surface area contributed by atoms with Crippen molar-refractivity contribution in [1.82, 2.24) is 14.9 Å². The molecule has 0 saturated carbocycles. The largest absolute Gasteiger partial charge is 0.400 e. The third-order valence-electron chi connectivity index (χ3n) is 6.26. The zero-order valence-electron chi connectivity index (χ0n) is 25.6. The number of nitrogens with zero attached hydrogens (tertiary/aromatic N) is 4. The standard InChI is InChI=1S/C24H25F2N5O3S.C4H8.C2H6.CH4O/c1-15-19(25)6-5-16(22(15)26)11-28-23(33)18-13-31-20(10-21(18)32)24(34)29(12-17-4-3-9-35-17)14-30(31)8-7-27-2;1-3-4-2;2*1-2/h3-6,9-10,13,15,19H,2,7-8,11-12,14H2,1H3,(H,28,33);3H,1,4H2,2H3;1-2H3;2H,1H3. The van der Waals surface area contributed by atoms with E-state index in [0.717, 1.165) is 24.5 Å². The first-order valence-corrected chi connectivity index (χ1v) is 14.9. The number of halogens is 2. The second kappa shape index (κ2) is 19.3. The quantitative estimate of drug-likeness (QED) is 0.308. The molecule has 43 heavy (non-hydrogen) atoms. The van der Waals surface area contributed by atoms with Crippen LogP contribution >= 0.6 is 11.3 Å². The van der Waals surface area contributed by atoms with E-state index in [-0.39, 0.29) is 36.0 Å². The molecule has 2 unspecified atom stereocenters. The first-order valence-electron chi connectivity index (χ1n) is 14.0. The van der Waals surface area contributed by atoms with Crippen molar-refractivity contribution in [3.05, 3.63) is 92.3 Å². The van der Waals surface area contributed by atoms with E-state index in [2.05, 4.69) is 30.5 Å². The zero-order chi connectivity index (χ0) is 32.5. The number of aliphatic hydroxyl groups is 1. The number of hydrogen-bond donors (Lipinski definition) is 2. The number of pyridine rings is 1. The first kappa shape index (κ1) is 37.1. The second-order valence-corrected chi connectivity index (χ2v) is 10.1. The van der Waals surface area contributed by atoms with Gasteiger partial charge >= 0.3 is 0 Å². The van der Waals surface area contributed by atoms with Gasteiger partial charge in [-0.15, -0.1) is 17.9 Å². The summed E-state index contributed by atoms with van der Waals surface area (Å²) in [5.74, 6) is -2.62. The number of carbonyl (C=O) groups is 2. The molecule has 2 atom stereocenters. The number of aliphatic imine (C=N–C) groups is 1. The lowest BCUT2D eigenvalue weighted by atomic mass is 9.94. The molecule has 2 N–H and O–H groups in total. The summed E-state index contributed by atoms with van der Waals surface area (Å²) in [6, 6.07) is 4.97. The Labute approximate surface area is 256 Å². The Morgan fingerprint density at radius 3 is 2.56 bits per heavy atom. The molecular formula is C31H43F2N5O4S. The highest BCUT2D eigenvalue weighted by Gasteiger charge is 2.31. The minimum atomic E-state index is -1.42. The molecule has 0 bridgehead atoms. The van der Waals surface area contributed by atoms with E-state index < -0.39 is 29.3 Å². The van der Waals surface area contributed by atoms with Gasteiger partial charge in [-0.1, -0.05) is 45.9 Å². The molecule has 2 aromatic heterocycles. The van der Waals surface area contributed by atoms with E-state index >= 15 is 0 Å². The molecule has 236 valence electrons. The lowest BCUT2D eigenvalue weighted by Gasteiger charge is -2.39. The van der Waals surface area contributed by atoms with Gasteiger partial charge in [-0.3, -0.25) is 29.1 Å². The van der Waals surface area contributed by atoms with Gasteiger partial charge in [-0.05, 0) is 30.7 Å². The normalized spacial score (nSPS) is 16.9. The lowest BCUT2D eigenvalue weighted by molar-refractivity contribution is 0.0679. The van der Waals surface area contributed by atoms with Crippen LogP contribution in [-0.4, -0.2) is 72.8 Å². The number of hydrogen-bond acceptors (Lipinski definition) is 7. The average Bonchev–Trinajstić information content (AvgIpc) is 3.55. The van der Waals surface area contributed by atoms with Gasteiger partial charge in [0.2, 0.25) is 0 Å². The maximum Gasteiger partial charge on any atom is 0.274 e. The van der Waals surface area contributed by atoms with Gasteiger partial charge < -0.3 is 15.3 Å². The Hall–Kier alpha value is -3.90. The van der Waals surface area contributed by atoms with Gasteiger partial charge in [0.25, 0.3) is 11.8 Å². The molecule has 0 saturated heterocycles. The molecule has 2 aromatic rings. The number of carbonyl (C=O) groups excluding carboxylic acids is 2. The van der Waals surface area contributed by atoms with E-state index in [9.17, 15) is 23.2 Å². The maximum absolute atomic E-state index is 14.3. The summed E-state index contributed by atoms with van der Waals surface area (Å²) in [6.07, 6.45) is 5.39. The number of nitrogens with one attached hydrogen (secondary N) is 1. The molecule has 0 radical (unpaired) electrons. The molecule has 4 rings (SSSR count). The van der Waals surface area contributed by atoms with Gasteiger partial charge in [-0.25, -0.2) is 8.78 Å². The number of aromatic nitrogens is 1. The summed E-state index contributed by atoms with van der Waals surface area (Å²) < 4.78 is 29.5. The minimum absolute atomic E-state index is 0.130. The van der Waals surface area contributed by atoms with Crippen LogP contribution in [0.5, 0.6) is 0 Å². The Morgan fingerprint density at radius 2 is 1.98 bits per heavy atom. The highest BCUT2D eigenvalue weighted by Crippen LogP contribution is 2.28. The fourth-order valence-electron chi connectivity index (χ4n) is 3.96. The molecule has 1 aliphatic carbocycles. The maximum atomic E-state index is 14.3. The monoisotopic (exact) mass is 619 g/mol. The van der Waals surface area contributed by atoms with E-state index in [1.807, 2.05) is 37.4 Å². The number of alkyl halides is 1. The molecule has 0 aromatic carbocycles. The van der Waals surface area contributed by atoms with Crippen molar-refractivity contribution < 1.29 is 23.5 Å². The summed E-state index contributed by atoms with van der Waals surface area (Å²) in [5, 5.41) is 13.2.